The Morgan fingerprint density at radius 1 is 1.32 bits per heavy atom. The predicted octanol–water partition coefficient (Wildman–Crippen LogP) is 2.75. The minimum absolute atomic E-state index is 0.283. The van der Waals surface area contributed by atoms with Gasteiger partial charge in [0.1, 0.15) is 18.3 Å². The maximum absolute atomic E-state index is 5.92. The molecule has 0 aliphatic carbocycles. The Morgan fingerprint density at radius 3 is 2.63 bits per heavy atom. The molecule has 2 unspecified atom stereocenters. The van der Waals surface area contributed by atoms with E-state index in [4.69, 9.17) is 9.47 Å². The quantitative estimate of drug-likeness (QED) is 0.791. The molecule has 1 heterocycles. The highest BCUT2D eigenvalue weighted by Gasteiger charge is 2.36. The molecule has 0 amide bonds. The Morgan fingerprint density at radius 2 is 2.00 bits per heavy atom. The summed E-state index contributed by atoms with van der Waals surface area (Å²) in [6.45, 7) is 4.24. The third-order valence-corrected chi connectivity index (χ3v) is 5.38. The molecular weight excluding hydrogens is 258 g/mol. The predicted molar refractivity (Wildman–Crippen MR) is 80.5 cm³/mol. The molecule has 1 saturated heterocycles. The monoisotopic (exact) mass is 282 g/mol. The zero-order valence-electron chi connectivity index (χ0n) is 12.3. The van der Waals surface area contributed by atoms with Crippen molar-refractivity contribution >= 4 is 11.8 Å². The number of nitrogens with zero attached hydrogens (tertiary/aromatic N) is 1. The van der Waals surface area contributed by atoms with E-state index in [1.165, 1.54) is 5.56 Å². The minimum atomic E-state index is 0.283. The van der Waals surface area contributed by atoms with Crippen LogP contribution in [0.25, 0.3) is 0 Å². The van der Waals surface area contributed by atoms with Crippen molar-refractivity contribution in [2.45, 2.75) is 24.2 Å². The summed E-state index contributed by atoms with van der Waals surface area (Å²) in [5, 5.41) is 0. The van der Waals surface area contributed by atoms with Gasteiger partial charge in [-0.05, 0) is 24.6 Å². The molecule has 2 atom stereocenters. The van der Waals surface area contributed by atoms with Gasteiger partial charge in [-0.2, -0.15) is 0 Å². The van der Waals surface area contributed by atoms with Crippen LogP contribution in [0.1, 0.15) is 12.5 Å². The molecule has 106 valence electrons. The third-order valence-electron chi connectivity index (χ3n) is 4.02. The van der Waals surface area contributed by atoms with Crippen LogP contribution in [0.4, 0.5) is 0 Å². The zero-order chi connectivity index (χ0) is 13.9. The summed E-state index contributed by atoms with van der Waals surface area (Å²) in [5.41, 5.74) is 1.60. The number of likely N-dealkylation sites (N-methyl/N-ethyl adjacent to an activating group) is 1. The van der Waals surface area contributed by atoms with Gasteiger partial charge in [-0.25, -0.2) is 0 Å². The van der Waals surface area contributed by atoms with Gasteiger partial charge in [-0.1, -0.05) is 12.1 Å². The molecule has 1 aromatic rings. The first-order chi connectivity index (χ1) is 9.03. The summed E-state index contributed by atoms with van der Waals surface area (Å²) in [6, 6.07) is 8.80. The van der Waals surface area contributed by atoms with Crippen LogP contribution in [0.2, 0.25) is 0 Å². The van der Waals surface area contributed by atoms with E-state index in [-0.39, 0.29) is 5.44 Å². The second-order valence-electron chi connectivity index (χ2n) is 5.64. The molecule has 0 N–H and O–H groups in total. The Hall–Kier alpha value is -0.710. The van der Waals surface area contributed by atoms with Crippen molar-refractivity contribution < 1.29 is 14.0 Å². The summed E-state index contributed by atoms with van der Waals surface area (Å²) >= 11 is 1.90. The first kappa shape index (κ1) is 14.7. The van der Waals surface area contributed by atoms with Crippen molar-refractivity contribution in [2.75, 3.05) is 34.4 Å². The summed E-state index contributed by atoms with van der Waals surface area (Å²) in [5.74, 6) is 1.90. The Labute approximate surface area is 120 Å². The first-order valence-electron chi connectivity index (χ1n) is 6.72. The SMILES string of the molecule is COc1ccc(CSC2OCC[N+](C)(C)C2C)cc1. The standard InChI is InChI=1S/C15H24NO2S/c1-12-15(18-10-9-16(12,2)3)19-11-13-5-7-14(17-4)8-6-13/h5-8,12,15H,9-11H2,1-4H3/q+1. The van der Waals surface area contributed by atoms with Crippen LogP contribution < -0.4 is 4.74 Å². The average Bonchev–Trinajstić information content (AvgIpc) is 2.41. The van der Waals surface area contributed by atoms with E-state index < -0.39 is 0 Å². The molecule has 0 bridgehead atoms. The van der Waals surface area contributed by atoms with Gasteiger partial charge >= 0.3 is 0 Å². The lowest BCUT2D eigenvalue weighted by Gasteiger charge is -2.43. The van der Waals surface area contributed by atoms with Crippen molar-refractivity contribution in [1.82, 2.24) is 0 Å². The highest BCUT2D eigenvalue weighted by molar-refractivity contribution is 7.99. The van der Waals surface area contributed by atoms with Gasteiger partial charge in [0.15, 0.2) is 5.44 Å². The molecule has 2 rings (SSSR count). The van der Waals surface area contributed by atoms with Crippen molar-refractivity contribution in [2.24, 2.45) is 0 Å². The van der Waals surface area contributed by atoms with Crippen molar-refractivity contribution in [1.29, 1.82) is 0 Å². The van der Waals surface area contributed by atoms with Crippen LogP contribution in [0.5, 0.6) is 5.75 Å². The number of hydrogen-bond donors (Lipinski definition) is 0. The summed E-state index contributed by atoms with van der Waals surface area (Å²) < 4.78 is 12.1. The molecular formula is C15H24NO2S+. The normalized spacial score (nSPS) is 26.1. The highest BCUT2D eigenvalue weighted by atomic mass is 32.2. The Kier molecular flexibility index (Phi) is 4.76. The van der Waals surface area contributed by atoms with E-state index >= 15 is 0 Å². The number of hydrogen-bond acceptors (Lipinski definition) is 3. The second kappa shape index (κ2) is 6.16. The van der Waals surface area contributed by atoms with Gasteiger partial charge in [0, 0.05) is 5.75 Å². The lowest BCUT2D eigenvalue weighted by Crippen LogP contribution is -2.58. The lowest BCUT2D eigenvalue weighted by atomic mass is 10.2. The minimum Gasteiger partial charge on any atom is -0.497 e. The fourth-order valence-electron chi connectivity index (χ4n) is 2.16. The maximum atomic E-state index is 5.92. The molecule has 0 saturated carbocycles. The Balaban J connectivity index is 1.90. The van der Waals surface area contributed by atoms with Gasteiger partial charge in [0.05, 0.1) is 27.8 Å². The van der Waals surface area contributed by atoms with Gasteiger partial charge in [0.25, 0.3) is 0 Å². The van der Waals surface area contributed by atoms with Crippen LogP contribution in [0, 0.1) is 0 Å². The Bertz CT molecular complexity index is 405. The van der Waals surface area contributed by atoms with E-state index in [0.29, 0.717) is 6.04 Å². The van der Waals surface area contributed by atoms with E-state index in [1.54, 1.807) is 7.11 Å². The average molecular weight is 282 g/mol. The number of benzene rings is 1. The largest absolute Gasteiger partial charge is 0.497 e. The number of ether oxygens (including phenoxy) is 2. The molecule has 0 radical (unpaired) electrons. The number of quaternary nitrogens is 1. The maximum Gasteiger partial charge on any atom is 0.155 e. The van der Waals surface area contributed by atoms with Crippen LogP contribution in [0.3, 0.4) is 0 Å². The molecule has 0 aromatic heterocycles. The third kappa shape index (κ3) is 3.65. The van der Waals surface area contributed by atoms with Crippen molar-refractivity contribution in [3.05, 3.63) is 29.8 Å². The first-order valence-corrected chi connectivity index (χ1v) is 7.76. The van der Waals surface area contributed by atoms with Gasteiger partial charge < -0.3 is 14.0 Å². The number of morpholine rings is 1. The fourth-order valence-corrected chi connectivity index (χ4v) is 3.51. The molecule has 1 fully saturated rings. The second-order valence-corrected chi connectivity index (χ2v) is 6.73. The molecule has 1 aliphatic heterocycles. The molecule has 19 heavy (non-hydrogen) atoms. The topological polar surface area (TPSA) is 18.5 Å². The molecule has 3 nitrogen and oxygen atoms in total. The summed E-state index contributed by atoms with van der Waals surface area (Å²) in [6.07, 6.45) is 0. The highest BCUT2D eigenvalue weighted by Crippen LogP contribution is 2.29. The van der Waals surface area contributed by atoms with Crippen LogP contribution >= 0.6 is 11.8 Å². The van der Waals surface area contributed by atoms with Gasteiger partial charge in [0.2, 0.25) is 0 Å². The smallest absolute Gasteiger partial charge is 0.155 e. The lowest BCUT2D eigenvalue weighted by molar-refractivity contribution is -0.922. The summed E-state index contributed by atoms with van der Waals surface area (Å²) in [4.78, 5) is 0. The van der Waals surface area contributed by atoms with E-state index in [0.717, 1.165) is 29.1 Å². The number of thioether (sulfide) groups is 1. The molecule has 1 aromatic carbocycles. The number of methoxy groups -OCH3 is 1. The zero-order valence-corrected chi connectivity index (χ0v) is 13.1. The van der Waals surface area contributed by atoms with Crippen molar-refractivity contribution in [3.63, 3.8) is 0 Å². The molecule has 1 aliphatic rings. The molecule has 0 spiro atoms. The molecule has 4 heteroatoms. The van der Waals surface area contributed by atoms with E-state index in [1.807, 2.05) is 23.9 Å². The van der Waals surface area contributed by atoms with E-state index in [2.05, 4.69) is 33.2 Å². The van der Waals surface area contributed by atoms with Gasteiger partial charge in [-0.3, -0.25) is 0 Å². The summed E-state index contributed by atoms with van der Waals surface area (Å²) in [7, 11) is 6.27. The number of rotatable bonds is 4. The fraction of sp³-hybridized carbons (Fsp3) is 0.600. The van der Waals surface area contributed by atoms with Crippen molar-refractivity contribution in [3.8, 4) is 5.75 Å². The van der Waals surface area contributed by atoms with Crippen LogP contribution in [-0.4, -0.2) is 50.3 Å². The van der Waals surface area contributed by atoms with Crippen LogP contribution in [0.15, 0.2) is 24.3 Å². The van der Waals surface area contributed by atoms with Crippen LogP contribution in [-0.2, 0) is 10.5 Å². The van der Waals surface area contributed by atoms with E-state index in [9.17, 15) is 0 Å². The van der Waals surface area contributed by atoms with Gasteiger partial charge in [-0.15, -0.1) is 11.8 Å².